The van der Waals surface area contributed by atoms with E-state index in [9.17, 15) is 14.7 Å². The van der Waals surface area contributed by atoms with Gasteiger partial charge in [-0.15, -0.1) is 0 Å². The van der Waals surface area contributed by atoms with Crippen LogP contribution in [0.1, 0.15) is 41.0 Å². The third-order valence-corrected chi connectivity index (χ3v) is 3.31. The van der Waals surface area contributed by atoms with Gasteiger partial charge in [-0.2, -0.15) is 0 Å². The fraction of sp³-hybridized carbons (Fsp3) is 0.846. The number of amides is 2. The van der Waals surface area contributed by atoms with Crippen molar-refractivity contribution in [2.75, 3.05) is 6.61 Å². The standard InChI is InChI=1S/C13H23NO4/c1-8(2)9-7-18-12(17)14(9)11(16)6-10(15)13(3,4)5/h8-10,15H,6-7H2,1-5H3/t9-,10+/m1/s1. The zero-order valence-corrected chi connectivity index (χ0v) is 11.8. The van der Waals surface area contributed by atoms with Crippen LogP contribution in [0.3, 0.4) is 0 Å². The van der Waals surface area contributed by atoms with Crippen LogP contribution in [0.15, 0.2) is 0 Å². The molecular weight excluding hydrogens is 234 g/mol. The van der Waals surface area contributed by atoms with Crippen LogP contribution in [0.4, 0.5) is 4.79 Å². The molecule has 0 saturated carbocycles. The Labute approximate surface area is 108 Å². The lowest BCUT2D eigenvalue weighted by molar-refractivity contribution is -0.133. The lowest BCUT2D eigenvalue weighted by Gasteiger charge is -2.28. The van der Waals surface area contributed by atoms with Crippen molar-refractivity contribution in [2.45, 2.75) is 53.2 Å². The Morgan fingerprint density at radius 1 is 1.50 bits per heavy atom. The normalized spacial score (nSPS) is 22.3. The molecule has 18 heavy (non-hydrogen) atoms. The number of hydrogen-bond donors (Lipinski definition) is 1. The van der Waals surface area contributed by atoms with Crippen molar-refractivity contribution in [3.63, 3.8) is 0 Å². The molecule has 0 spiro atoms. The van der Waals surface area contributed by atoms with E-state index in [1.165, 1.54) is 0 Å². The Morgan fingerprint density at radius 2 is 2.06 bits per heavy atom. The SMILES string of the molecule is CC(C)[C@H]1COC(=O)N1C(=O)C[C@H](O)C(C)(C)C. The smallest absolute Gasteiger partial charge is 0.416 e. The summed E-state index contributed by atoms with van der Waals surface area (Å²) in [6.45, 7) is 9.68. The van der Waals surface area contributed by atoms with Gasteiger partial charge < -0.3 is 9.84 Å². The largest absolute Gasteiger partial charge is 0.447 e. The number of cyclic esters (lactones) is 1. The van der Waals surface area contributed by atoms with Gasteiger partial charge in [0.15, 0.2) is 0 Å². The highest BCUT2D eigenvalue weighted by atomic mass is 16.6. The molecule has 0 unspecified atom stereocenters. The van der Waals surface area contributed by atoms with Crippen LogP contribution in [0.5, 0.6) is 0 Å². The van der Waals surface area contributed by atoms with Gasteiger partial charge in [0, 0.05) is 0 Å². The summed E-state index contributed by atoms with van der Waals surface area (Å²) in [5, 5.41) is 9.93. The topological polar surface area (TPSA) is 66.8 Å². The highest BCUT2D eigenvalue weighted by Gasteiger charge is 2.40. The first-order chi connectivity index (χ1) is 8.14. The molecule has 1 aliphatic heterocycles. The third-order valence-electron chi connectivity index (χ3n) is 3.31. The fourth-order valence-corrected chi connectivity index (χ4v) is 1.78. The highest BCUT2D eigenvalue weighted by molar-refractivity contribution is 5.93. The molecule has 1 rings (SSSR count). The molecule has 2 amide bonds. The molecule has 0 aliphatic carbocycles. The summed E-state index contributed by atoms with van der Waals surface area (Å²) < 4.78 is 4.91. The second-order valence-corrected chi connectivity index (χ2v) is 6.24. The minimum absolute atomic E-state index is 0.0538. The van der Waals surface area contributed by atoms with Crippen LogP contribution in [-0.2, 0) is 9.53 Å². The maximum Gasteiger partial charge on any atom is 0.416 e. The Balaban J connectivity index is 2.73. The zero-order valence-electron chi connectivity index (χ0n) is 11.8. The van der Waals surface area contributed by atoms with Gasteiger partial charge in [-0.1, -0.05) is 34.6 Å². The molecule has 1 aliphatic rings. The number of aliphatic hydroxyl groups is 1. The summed E-state index contributed by atoms with van der Waals surface area (Å²) >= 11 is 0. The first-order valence-corrected chi connectivity index (χ1v) is 6.31. The molecule has 1 fully saturated rings. The van der Waals surface area contributed by atoms with E-state index in [1.807, 2.05) is 34.6 Å². The molecule has 0 aromatic heterocycles. The third kappa shape index (κ3) is 3.22. The van der Waals surface area contributed by atoms with Crippen LogP contribution in [0.2, 0.25) is 0 Å². The molecular formula is C13H23NO4. The van der Waals surface area contributed by atoms with Crippen LogP contribution in [-0.4, -0.2) is 40.8 Å². The quantitative estimate of drug-likeness (QED) is 0.837. The number of imide groups is 1. The van der Waals surface area contributed by atoms with E-state index in [2.05, 4.69) is 0 Å². The molecule has 5 nitrogen and oxygen atoms in total. The predicted molar refractivity (Wildman–Crippen MR) is 66.9 cm³/mol. The monoisotopic (exact) mass is 257 g/mol. The predicted octanol–water partition coefficient (Wildman–Crippen LogP) is 1.79. The van der Waals surface area contributed by atoms with E-state index < -0.39 is 12.2 Å². The van der Waals surface area contributed by atoms with Crippen LogP contribution in [0.25, 0.3) is 0 Å². The Morgan fingerprint density at radius 3 is 2.50 bits per heavy atom. The summed E-state index contributed by atoms with van der Waals surface area (Å²) in [4.78, 5) is 24.8. The Hall–Kier alpha value is -1.10. The van der Waals surface area contributed by atoms with E-state index in [0.29, 0.717) is 0 Å². The highest BCUT2D eigenvalue weighted by Crippen LogP contribution is 2.25. The lowest BCUT2D eigenvalue weighted by atomic mass is 9.87. The summed E-state index contributed by atoms with van der Waals surface area (Å²) in [7, 11) is 0. The summed E-state index contributed by atoms with van der Waals surface area (Å²) in [6, 6.07) is -0.225. The first-order valence-electron chi connectivity index (χ1n) is 6.31. The summed E-state index contributed by atoms with van der Waals surface area (Å²) in [6.07, 6.45) is -1.42. The molecule has 1 saturated heterocycles. The second kappa shape index (κ2) is 5.26. The lowest BCUT2D eigenvalue weighted by Crippen LogP contribution is -2.44. The van der Waals surface area contributed by atoms with Gasteiger partial charge in [0.1, 0.15) is 6.61 Å². The van der Waals surface area contributed by atoms with E-state index in [1.54, 1.807) is 0 Å². The number of rotatable bonds is 3. The first kappa shape index (κ1) is 15.0. The van der Waals surface area contributed by atoms with Gasteiger partial charge in [-0.3, -0.25) is 4.79 Å². The molecule has 2 atom stereocenters. The number of aliphatic hydroxyl groups excluding tert-OH is 1. The summed E-state index contributed by atoms with van der Waals surface area (Å²) in [5.41, 5.74) is -0.382. The average molecular weight is 257 g/mol. The van der Waals surface area contributed by atoms with Crippen molar-refractivity contribution in [1.82, 2.24) is 4.90 Å². The van der Waals surface area contributed by atoms with Crippen LogP contribution >= 0.6 is 0 Å². The van der Waals surface area contributed by atoms with Crippen molar-refractivity contribution in [1.29, 1.82) is 0 Å². The molecule has 1 heterocycles. The molecule has 0 aromatic rings. The second-order valence-electron chi connectivity index (χ2n) is 6.24. The number of carbonyl (C=O) groups is 2. The minimum Gasteiger partial charge on any atom is -0.447 e. The summed E-state index contributed by atoms with van der Waals surface area (Å²) in [5.74, 6) is -0.217. The average Bonchev–Trinajstić information content (AvgIpc) is 2.58. The minimum atomic E-state index is -0.772. The number of ether oxygens (including phenoxy) is 1. The van der Waals surface area contributed by atoms with Crippen molar-refractivity contribution >= 4 is 12.0 Å². The molecule has 5 heteroatoms. The molecule has 0 bridgehead atoms. The van der Waals surface area contributed by atoms with Crippen molar-refractivity contribution in [2.24, 2.45) is 11.3 Å². The van der Waals surface area contributed by atoms with Crippen LogP contribution in [0, 0.1) is 11.3 Å². The fourth-order valence-electron chi connectivity index (χ4n) is 1.78. The van der Waals surface area contributed by atoms with Gasteiger partial charge >= 0.3 is 6.09 Å². The van der Waals surface area contributed by atoms with E-state index in [4.69, 9.17) is 4.74 Å². The molecule has 104 valence electrons. The van der Waals surface area contributed by atoms with Gasteiger partial charge in [0.25, 0.3) is 0 Å². The van der Waals surface area contributed by atoms with E-state index in [0.717, 1.165) is 4.90 Å². The van der Waals surface area contributed by atoms with Gasteiger partial charge in [-0.05, 0) is 11.3 Å². The van der Waals surface area contributed by atoms with E-state index >= 15 is 0 Å². The van der Waals surface area contributed by atoms with Crippen LogP contribution < -0.4 is 0 Å². The van der Waals surface area contributed by atoms with Gasteiger partial charge in [-0.25, -0.2) is 9.69 Å². The maximum atomic E-state index is 12.1. The van der Waals surface area contributed by atoms with Gasteiger partial charge in [0.05, 0.1) is 18.6 Å². The van der Waals surface area contributed by atoms with Crippen molar-refractivity contribution in [3.05, 3.63) is 0 Å². The zero-order chi connectivity index (χ0) is 14.1. The number of hydrogen-bond acceptors (Lipinski definition) is 4. The van der Waals surface area contributed by atoms with Crippen molar-refractivity contribution in [3.8, 4) is 0 Å². The molecule has 0 aromatic carbocycles. The Bertz CT molecular complexity index is 332. The Kier molecular flexibility index (Phi) is 4.37. The molecule has 1 N–H and O–H groups in total. The number of nitrogens with zero attached hydrogens (tertiary/aromatic N) is 1. The van der Waals surface area contributed by atoms with Gasteiger partial charge in [0.2, 0.25) is 5.91 Å². The van der Waals surface area contributed by atoms with Crippen molar-refractivity contribution < 1.29 is 19.4 Å². The maximum absolute atomic E-state index is 12.1. The number of carbonyl (C=O) groups excluding carboxylic acids is 2. The molecule has 0 radical (unpaired) electrons. The van der Waals surface area contributed by atoms with E-state index in [-0.39, 0.29) is 36.3 Å².